The van der Waals surface area contributed by atoms with Crippen molar-refractivity contribution in [2.45, 2.75) is 6.42 Å². The van der Waals surface area contributed by atoms with Gasteiger partial charge in [0.2, 0.25) is 0 Å². The third kappa shape index (κ3) is 3.43. The first-order valence-electron chi connectivity index (χ1n) is 8.25. The van der Waals surface area contributed by atoms with Crippen molar-refractivity contribution in [3.05, 3.63) is 66.4 Å². The van der Waals surface area contributed by atoms with E-state index in [4.69, 9.17) is 0 Å². The second-order valence-corrected chi connectivity index (χ2v) is 6.04. The van der Waals surface area contributed by atoms with Crippen LogP contribution in [-0.2, 0) is 7.05 Å². The first kappa shape index (κ1) is 16.1. The summed E-state index contributed by atoms with van der Waals surface area (Å²) in [6, 6.07) is 18.2. The first-order valence-corrected chi connectivity index (χ1v) is 8.25. The van der Waals surface area contributed by atoms with Gasteiger partial charge < -0.3 is 14.8 Å². The van der Waals surface area contributed by atoms with Gasteiger partial charge in [-0.1, -0.05) is 36.4 Å². The number of benzene rings is 2. The summed E-state index contributed by atoms with van der Waals surface area (Å²) >= 11 is 0. The van der Waals surface area contributed by atoms with Crippen molar-refractivity contribution in [1.82, 2.24) is 9.88 Å². The van der Waals surface area contributed by atoms with Crippen molar-refractivity contribution in [1.29, 1.82) is 0 Å². The minimum absolute atomic E-state index is 0.00540. The minimum Gasteiger partial charge on any atom is -0.375 e. The Morgan fingerprint density at radius 1 is 1.08 bits per heavy atom. The number of amides is 1. The lowest BCUT2D eigenvalue weighted by Gasteiger charge is -2.19. The van der Waals surface area contributed by atoms with Crippen LogP contribution in [0, 0.1) is 0 Å². The average molecular weight is 321 g/mol. The van der Waals surface area contributed by atoms with Crippen LogP contribution in [0.2, 0.25) is 0 Å². The maximum Gasteiger partial charge on any atom is 0.253 e. The summed E-state index contributed by atoms with van der Waals surface area (Å²) in [6.07, 6.45) is 2.80. The molecule has 0 saturated carbocycles. The van der Waals surface area contributed by atoms with E-state index in [0.29, 0.717) is 6.54 Å². The smallest absolute Gasteiger partial charge is 0.253 e. The molecule has 24 heavy (non-hydrogen) atoms. The lowest BCUT2D eigenvalue weighted by Crippen LogP contribution is -2.28. The van der Waals surface area contributed by atoms with Crippen LogP contribution >= 0.6 is 0 Å². The largest absolute Gasteiger partial charge is 0.375 e. The maximum atomic E-state index is 12.4. The van der Waals surface area contributed by atoms with Gasteiger partial charge in [0.15, 0.2) is 0 Å². The first-order chi connectivity index (χ1) is 11.7. The zero-order valence-corrected chi connectivity index (χ0v) is 14.2. The van der Waals surface area contributed by atoms with Crippen LogP contribution in [0.1, 0.15) is 16.8 Å². The van der Waals surface area contributed by atoms with Crippen LogP contribution in [0.3, 0.4) is 0 Å². The Bertz CT molecular complexity index is 823. The van der Waals surface area contributed by atoms with Crippen molar-refractivity contribution in [2.24, 2.45) is 7.05 Å². The van der Waals surface area contributed by atoms with Gasteiger partial charge in [0, 0.05) is 50.0 Å². The number of hydrogen-bond donors (Lipinski definition) is 1. The number of para-hydroxylation sites is 2. The van der Waals surface area contributed by atoms with Crippen LogP contribution in [0.5, 0.6) is 0 Å². The second kappa shape index (κ2) is 7.21. The number of hydrogen-bond acceptors (Lipinski definition) is 2. The van der Waals surface area contributed by atoms with Crippen molar-refractivity contribution < 1.29 is 4.79 Å². The highest BCUT2D eigenvalue weighted by atomic mass is 16.1. The molecule has 0 radical (unpaired) electrons. The van der Waals surface area contributed by atoms with Gasteiger partial charge in [-0.2, -0.15) is 0 Å². The Morgan fingerprint density at radius 2 is 1.79 bits per heavy atom. The fraction of sp³-hybridized carbons (Fsp3) is 0.250. The molecule has 1 heterocycles. The molecule has 0 saturated heterocycles. The summed E-state index contributed by atoms with van der Waals surface area (Å²) in [7, 11) is 4.04. The van der Waals surface area contributed by atoms with Crippen LogP contribution < -0.4 is 10.2 Å². The van der Waals surface area contributed by atoms with Crippen molar-refractivity contribution in [3.8, 4) is 0 Å². The number of aromatic nitrogens is 1. The monoisotopic (exact) mass is 321 g/mol. The molecule has 2 aromatic carbocycles. The van der Waals surface area contributed by atoms with E-state index in [1.165, 1.54) is 5.69 Å². The highest BCUT2D eigenvalue weighted by Gasteiger charge is 2.12. The molecule has 1 amide bonds. The summed E-state index contributed by atoms with van der Waals surface area (Å²) in [5.41, 5.74) is 3.01. The topological polar surface area (TPSA) is 37.3 Å². The molecular formula is C20H23N3O. The predicted octanol–water partition coefficient (Wildman–Crippen LogP) is 3.43. The summed E-state index contributed by atoms with van der Waals surface area (Å²) < 4.78 is 1.99. The number of nitrogens with one attached hydrogen (secondary N) is 1. The number of fused-ring (bicyclic) bond motifs is 1. The van der Waals surface area contributed by atoms with E-state index in [2.05, 4.69) is 29.4 Å². The molecule has 124 valence electrons. The molecule has 0 atom stereocenters. The van der Waals surface area contributed by atoms with Gasteiger partial charge in [0.25, 0.3) is 5.91 Å². The summed E-state index contributed by atoms with van der Waals surface area (Å²) in [5, 5.41) is 4.03. The standard InChI is InChI=1S/C20H23N3O/c1-22(16-9-4-3-5-10-16)14-8-13-21-20(24)18-15-23(2)19-12-7-6-11-17(18)19/h3-7,9-12,15H,8,13-14H2,1-2H3,(H,21,24). The summed E-state index contributed by atoms with van der Waals surface area (Å²) in [5.74, 6) is -0.00540. The molecular weight excluding hydrogens is 298 g/mol. The molecule has 0 aliphatic heterocycles. The third-order valence-corrected chi connectivity index (χ3v) is 4.29. The van der Waals surface area contributed by atoms with Gasteiger partial charge in [0.05, 0.1) is 5.56 Å². The molecule has 3 aromatic rings. The molecule has 0 aliphatic rings. The summed E-state index contributed by atoms with van der Waals surface area (Å²) in [4.78, 5) is 14.6. The van der Waals surface area contributed by atoms with Crippen molar-refractivity contribution in [2.75, 3.05) is 25.0 Å². The Kier molecular flexibility index (Phi) is 4.85. The molecule has 4 heteroatoms. The van der Waals surface area contributed by atoms with Gasteiger partial charge in [0.1, 0.15) is 0 Å². The Balaban J connectivity index is 1.54. The second-order valence-electron chi connectivity index (χ2n) is 6.04. The number of aryl methyl sites for hydroxylation is 1. The normalized spacial score (nSPS) is 10.8. The molecule has 0 fully saturated rings. The van der Waals surface area contributed by atoms with Gasteiger partial charge in [-0.05, 0) is 24.6 Å². The summed E-state index contributed by atoms with van der Waals surface area (Å²) in [6.45, 7) is 1.57. The Labute approximate surface area is 142 Å². The fourth-order valence-electron chi connectivity index (χ4n) is 2.95. The SMILES string of the molecule is CN(CCCNC(=O)c1cn(C)c2ccccc12)c1ccccc1. The zero-order valence-electron chi connectivity index (χ0n) is 14.2. The molecule has 1 N–H and O–H groups in total. The molecule has 0 aliphatic carbocycles. The lowest BCUT2D eigenvalue weighted by atomic mass is 10.1. The van der Waals surface area contributed by atoms with E-state index in [9.17, 15) is 4.79 Å². The average Bonchev–Trinajstić information content (AvgIpc) is 2.96. The van der Waals surface area contributed by atoms with E-state index >= 15 is 0 Å². The van der Waals surface area contributed by atoms with E-state index in [-0.39, 0.29) is 5.91 Å². The highest BCUT2D eigenvalue weighted by molar-refractivity contribution is 6.06. The quantitative estimate of drug-likeness (QED) is 0.706. The van der Waals surface area contributed by atoms with Gasteiger partial charge in [-0.25, -0.2) is 0 Å². The van der Waals surface area contributed by atoms with Crippen LogP contribution in [-0.4, -0.2) is 30.6 Å². The molecule has 0 unspecified atom stereocenters. The fourth-order valence-corrected chi connectivity index (χ4v) is 2.95. The lowest BCUT2D eigenvalue weighted by molar-refractivity contribution is 0.0955. The zero-order chi connectivity index (χ0) is 16.9. The molecule has 1 aromatic heterocycles. The number of rotatable bonds is 6. The molecule has 4 nitrogen and oxygen atoms in total. The molecule has 3 rings (SSSR count). The maximum absolute atomic E-state index is 12.4. The van der Waals surface area contributed by atoms with Gasteiger partial charge >= 0.3 is 0 Å². The minimum atomic E-state index is -0.00540. The number of anilines is 1. The third-order valence-electron chi connectivity index (χ3n) is 4.29. The van der Waals surface area contributed by atoms with Crippen LogP contribution in [0.4, 0.5) is 5.69 Å². The van der Waals surface area contributed by atoms with Crippen molar-refractivity contribution >= 4 is 22.5 Å². The predicted molar refractivity (Wildman–Crippen MR) is 99.6 cm³/mol. The van der Waals surface area contributed by atoms with Crippen LogP contribution in [0.15, 0.2) is 60.8 Å². The van der Waals surface area contributed by atoms with E-state index in [1.54, 1.807) is 0 Å². The van der Waals surface area contributed by atoms with Crippen LogP contribution in [0.25, 0.3) is 10.9 Å². The van der Waals surface area contributed by atoms with Crippen molar-refractivity contribution in [3.63, 3.8) is 0 Å². The Hall–Kier alpha value is -2.75. The molecule has 0 bridgehead atoms. The molecule has 0 spiro atoms. The van der Waals surface area contributed by atoms with E-state index < -0.39 is 0 Å². The Morgan fingerprint density at radius 3 is 2.58 bits per heavy atom. The van der Waals surface area contributed by atoms with Gasteiger partial charge in [-0.3, -0.25) is 4.79 Å². The van der Waals surface area contributed by atoms with Gasteiger partial charge in [-0.15, -0.1) is 0 Å². The highest BCUT2D eigenvalue weighted by Crippen LogP contribution is 2.20. The van der Waals surface area contributed by atoms with E-state index in [1.807, 2.05) is 60.3 Å². The number of carbonyl (C=O) groups excluding carboxylic acids is 1. The van der Waals surface area contributed by atoms with E-state index in [0.717, 1.165) is 29.4 Å². The number of carbonyl (C=O) groups is 1. The number of nitrogens with zero attached hydrogens (tertiary/aromatic N) is 2.